The topological polar surface area (TPSA) is 89.7 Å². The van der Waals surface area contributed by atoms with Crippen LogP contribution < -0.4 is 4.74 Å². The van der Waals surface area contributed by atoms with Crippen molar-refractivity contribution in [2.24, 2.45) is 0 Å². The average molecular weight is 305 g/mol. The second-order valence-corrected chi connectivity index (χ2v) is 5.03. The molecule has 1 heterocycles. The molecular weight excluding hydrogens is 294 g/mol. The number of benzene rings is 1. The number of nitro benzene ring substituents is 1. The highest BCUT2D eigenvalue weighted by Crippen LogP contribution is 2.27. The second kappa shape index (κ2) is 6.67. The summed E-state index contributed by atoms with van der Waals surface area (Å²) >= 11 is 1.40. The minimum absolute atomic E-state index is 0.0833. The number of carboxylic acids is 1. The number of hydrogen-bond donors (Lipinski definition) is 1. The Morgan fingerprint density at radius 3 is 2.90 bits per heavy atom. The summed E-state index contributed by atoms with van der Waals surface area (Å²) in [5.41, 5.74) is 0.670. The molecule has 0 amide bonds. The van der Waals surface area contributed by atoms with Crippen LogP contribution in [0.15, 0.2) is 41.8 Å². The first-order valence-electron chi connectivity index (χ1n) is 5.91. The van der Waals surface area contributed by atoms with Crippen molar-refractivity contribution >= 4 is 29.1 Å². The number of carboxylic acid groups (broad SMARTS) is 1. The molecule has 7 heteroatoms. The molecule has 0 aliphatic rings. The first kappa shape index (κ1) is 14.7. The summed E-state index contributed by atoms with van der Waals surface area (Å²) in [6, 6.07) is 7.93. The van der Waals surface area contributed by atoms with Crippen molar-refractivity contribution in [3.05, 3.63) is 62.3 Å². The monoisotopic (exact) mass is 305 g/mol. The molecule has 0 radical (unpaired) electrons. The summed E-state index contributed by atoms with van der Waals surface area (Å²) in [6.45, 7) is 0.191. The Labute approximate surface area is 124 Å². The zero-order valence-electron chi connectivity index (χ0n) is 10.8. The van der Waals surface area contributed by atoms with Crippen molar-refractivity contribution in [1.29, 1.82) is 0 Å². The van der Waals surface area contributed by atoms with Gasteiger partial charge in [-0.2, -0.15) is 0 Å². The van der Waals surface area contributed by atoms with Gasteiger partial charge in [0.2, 0.25) is 0 Å². The van der Waals surface area contributed by atoms with Gasteiger partial charge < -0.3 is 9.84 Å². The van der Waals surface area contributed by atoms with Gasteiger partial charge in [-0.15, -0.1) is 11.3 Å². The smallest absolute Gasteiger partial charge is 0.328 e. The Balaban J connectivity index is 2.04. The summed E-state index contributed by atoms with van der Waals surface area (Å²) in [5, 5.41) is 21.2. The minimum Gasteiger partial charge on any atom is -0.481 e. The van der Waals surface area contributed by atoms with Crippen LogP contribution in [0, 0.1) is 10.1 Å². The van der Waals surface area contributed by atoms with Crippen molar-refractivity contribution in [3.8, 4) is 5.75 Å². The summed E-state index contributed by atoms with van der Waals surface area (Å²) < 4.78 is 5.45. The van der Waals surface area contributed by atoms with E-state index in [1.807, 2.05) is 0 Å². The number of aliphatic carboxylic acids is 1. The van der Waals surface area contributed by atoms with E-state index in [9.17, 15) is 14.9 Å². The fraction of sp³-hybridized carbons (Fsp3) is 0.0714. The number of nitro groups is 1. The molecule has 0 spiro atoms. The maximum atomic E-state index is 10.8. The molecule has 0 saturated carbocycles. The molecular formula is C14H11NO5S. The number of thiophene rings is 1. The number of nitrogens with zero attached hydrogens (tertiary/aromatic N) is 1. The van der Waals surface area contributed by atoms with E-state index in [0.717, 1.165) is 16.5 Å². The lowest BCUT2D eigenvalue weighted by Gasteiger charge is -2.04. The lowest BCUT2D eigenvalue weighted by atomic mass is 10.3. The maximum Gasteiger partial charge on any atom is 0.328 e. The fourth-order valence-electron chi connectivity index (χ4n) is 1.61. The van der Waals surface area contributed by atoms with Gasteiger partial charge in [0, 0.05) is 17.0 Å². The van der Waals surface area contributed by atoms with Crippen LogP contribution in [0.2, 0.25) is 0 Å². The van der Waals surface area contributed by atoms with Gasteiger partial charge in [0.25, 0.3) is 0 Å². The quantitative estimate of drug-likeness (QED) is 0.502. The average Bonchev–Trinajstić information content (AvgIpc) is 2.91. The summed E-state index contributed by atoms with van der Waals surface area (Å²) in [4.78, 5) is 21.6. The predicted octanol–water partition coefficient (Wildman–Crippen LogP) is 3.33. The van der Waals surface area contributed by atoms with Crippen molar-refractivity contribution in [3.63, 3.8) is 0 Å². The molecule has 1 N–H and O–H groups in total. The van der Waals surface area contributed by atoms with Crippen molar-refractivity contribution in [2.75, 3.05) is 0 Å². The molecule has 0 aliphatic carbocycles. The molecule has 108 valence electrons. The molecule has 6 nitrogen and oxygen atoms in total. The summed E-state index contributed by atoms with van der Waals surface area (Å²) in [7, 11) is 0. The van der Waals surface area contributed by atoms with Crippen LogP contribution in [0.4, 0.5) is 5.69 Å². The first-order valence-corrected chi connectivity index (χ1v) is 6.79. The van der Waals surface area contributed by atoms with Gasteiger partial charge >= 0.3 is 11.7 Å². The standard InChI is InChI=1S/C14H11NO5S/c16-14(17)6-5-10-7-11(21-9-10)8-20-13-4-2-1-3-12(13)15(18)19/h1-7,9H,8H2,(H,16,17). The van der Waals surface area contributed by atoms with E-state index in [2.05, 4.69) is 0 Å². The van der Waals surface area contributed by atoms with Crippen molar-refractivity contribution in [1.82, 2.24) is 0 Å². The van der Waals surface area contributed by atoms with Gasteiger partial charge in [0.15, 0.2) is 5.75 Å². The van der Waals surface area contributed by atoms with Crippen LogP contribution in [0.1, 0.15) is 10.4 Å². The lowest BCUT2D eigenvalue weighted by molar-refractivity contribution is -0.385. The van der Waals surface area contributed by atoms with Gasteiger partial charge in [-0.1, -0.05) is 12.1 Å². The second-order valence-electron chi connectivity index (χ2n) is 4.03. The van der Waals surface area contributed by atoms with E-state index in [1.165, 1.54) is 29.5 Å². The van der Waals surface area contributed by atoms with Crippen LogP contribution in [0.25, 0.3) is 6.08 Å². The number of hydrogen-bond acceptors (Lipinski definition) is 5. The summed E-state index contributed by atoms with van der Waals surface area (Å²) in [6.07, 6.45) is 2.53. The van der Waals surface area contributed by atoms with E-state index >= 15 is 0 Å². The van der Waals surface area contributed by atoms with Gasteiger partial charge in [-0.3, -0.25) is 10.1 Å². The van der Waals surface area contributed by atoms with E-state index in [0.29, 0.717) is 0 Å². The van der Waals surface area contributed by atoms with Gasteiger partial charge in [-0.25, -0.2) is 4.79 Å². The van der Waals surface area contributed by atoms with E-state index in [1.54, 1.807) is 23.6 Å². The number of ether oxygens (including phenoxy) is 1. The highest BCUT2D eigenvalue weighted by Gasteiger charge is 2.13. The van der Waals surface area contributed by atoms with Gasteiger partial charge in [-0.05, 0) is 29.2 Å². The lowest BCUT2D eigenvalue weighted by Crippen LogP contribution is -1.97. The SMILES string of the molecule is O=C(O)C=Cc1csc(COc2ccccc2[N+](=O)[O-])c1. The Kier molecular flexibility index (Phi) is 4.68. The number of carbonyl (C=O) groups is 1. The number of rotatable bonds is 6. The third-order valence-corrected chi connectivity index (χ3v) is 3.45. The normalized spacial score (nSPS) is 10.7. The molecule has 0 aliphatic heterocycles. The molecule has 0 unspecified atom stereocenters. The number of para-hydroxylation sites is 2. The van der Waals surface area contributed by atoms with Crippen LogP contribution in [-0.4, -0.2) is 16.0 Å². The first-order chi connectivity index (χ1) is 10.1. The van der Waals surface area contributed by atoms with E-state index in [-0.39, 0.29) is 18.0 Å². The van der Waals surface area contributed by atoms with Crippen LogP contribution >= 0.6 is 11.3 Å². The zero-order chi connectivity index (χ0) is 15.2. The highest BCUT2D eigenvalue weighted by atomic mass is 32.1. The fourth-order valence-corrected chi connectivity index (χ4v) is 2.37. The molecule has 0 saturated heterocycles. The van der Waals surface area contributed by atoms with Crippen LogP contribution in [0.5, 0.6) is 5.75 Å². The summed E-state index contributed by atoms with van der Waals surface area (Å²) in [5.74, 6) is -0.808. The van der Waals surface area contributed by atoms with Crippen LogP contribution in [-0.2, 0) is 11.4 Å². The molecule has 1 aromatic carbocycles. The molecule has 0 atom stereocenters. The zero-order valence-corrected chi connectivity index (χ0v) is 11.6. The van der Waals surface area contributed by atoms with Crippen LogP contribution in [0.3, 0.4) is 0 Å². The van der Waals surface area contributed by atoms with E-state index in [4.69, 9.17) is 9.84 Å². The molecule has 0 fully saturated rings. The molecule has 21 heavy (non-hydrogen) atoms. The maximum absolute atomic E-state index is 10.8. The Morgan fingerprint density at radius 2 is 2.19 bits per heavy atom. The Morgan fingerprint density at radius 1 is 1.43 bits per heavy atom. The Bertz CT molecular complexity index is 692. The minimum atomic E-state index is -1.01. The highest BCUT2D eigenvalue weighted by molar-refractivity contribution is 7.10. The molecule has 2 aromatic rings. The van der Waals surface area contributed by atoms with Gasteiger partial charge in [0.05, 0.1) is 4.92 Å². The molecule has 0 bridgehead atoms. The van der Waals surface area contributed by atoms with Crippen molar-refractivity contribution in [2.45, 2.75) is 6.61 Å². The molecule has 1 aromatic heterocycles. The van der Waals surface area contributed by atoms with Crippen molar-refractivity contribution < 1.29 is 19.6 Å². The predicted molar refractivity (Wildman–Crippen MR) is 78.4 cm³/mol. The van der Waals surface area contributed by atoms with E-state index < -0.39 is 10.9 Å². The third-order valence-electron chi connectivity index (χ3n) is 2.52. The Hall–Kier alpha value is -2.67. The molecule has 2 rings (SSSR count). The van der Waals surface area contributed by atoms with Gasteiger partial charge in [0.1, 0.15) is 6.61 Å². The third kappa shape index (κ3) is 4.15. The largest absolute Gasteiger partial charge is 0.481 e.